The Morgan fingerprint density at radius 1 is 1.19 bits per heavy atom. The summed E-state index contributed by atoms with van der Waals surface area (Å²) in [4.78, 5) is 8.25. The van der Waals surface area contributed by atoms with Gasteiger partial charge in [0.05, 0.1) is 17.3 Å². The third kappa shape index (κ3) is 2.63. The molecule has 1 aliphatic carbocycles. The van der Waals surface area contributed by atoms with Crippen LogP contribution in [0.2, 0.25) is 0 Å². The highest BCUT2D eigenvalue weighted by molar-refractivity contribution is 5.32. The molecular formula is C15H14F3N3. The Hall–Kier alpha value is -1.95. The molecule has 0 radical (unpaired) electrons. The molecule has 0 fully saturated rings. The zero-order valence-corrected chi connectivity index (χ0v) is 11.1. The lowest BCUT2D eigenvalue weighted by atomic mass is 9.94. The van der Waals surface area contributed by atoms with E-state index in [0.717, 1.165) is 36.4 Å². The van der Waals surface area contributed by atoms with E-state index in [0.29, 0.717) is 5.69 Å². The number of aryl methyl sites for hydroxylation is 1. The third-order valence-corrected chi connectivity index (χ3v) is 3.89. The lowest BCUT2D eigenvalue weighted by Gasteiger charge is -2.19. The molecule has 6 heteroatoms. The molecule has 2 aromatic rings. The monoisotopic (exact) mass is 293 g/mol. The summed E-state index contributed by atoms with van der Waals surface area (Å²) in [7, 11) is 0. The zero-order valence-electron chi connectivity index (χ0n) is 11.1. The topological polar surface area (TPSA) is 51.8 Å². The predicted molar refractivity (Wildman–Crippen MR) is 71.5 cm³/mol. The summed E-state index contributed by atoms with van der Waals surface area (Å²) < 4.78 is 37.6. The minimum absolute atomic E-state index is 0.00503. The van der Waals surface area contributed by atoms with Gasteiger partial charge in [0.15, 0.2) is 0 Å². The fraction of sp³-hybridized carbons (Fsp3) is 0.333. The van der Waals surface area contributed by atoms with Crippen LogP contribution in [0.1, 0.15) is 40.9 Å². The standard InChI is InChI=1S/C15H14F3N3/c16-15(17,18)10-4-6-12(21-8-10)13(19)11-5-3-9-2-1-7-20-14(9)11/h1-2,4,6-8,11,13H,3,5,19H2. The van der Waals surface area contributed by atoms with Crippen LogP contribution in [0.3, 0.4) is 0 Å². The van der Waals surface area contributed by atoms with Gasteiger partial charge >= 0.3 is 6.18 Å². The van der Waals surface area contributed by atoms with Crippen molar-refractivity contribution >= 4 is 0 Å². The molecule has 0 spiro atoms. The summed E-state index contributed by atoms with van der Waals surface area (Å²) in [5.41, 5.74) is 7.99. The van der Waals surface area contributed by atoms with Crippen LogP contribution in [0.5, 0.6) is 0 Å². The maximum atomic E-state index is 12.5. The Kier molecular flexibility index (Phi) is 3.41. The van der Waals surface area contributed by atoms with Crippen LogP contribution in [0.15, 0.2) is 36.7 Å². The van der Waals surface area contributed by atoms with Crippen LogP contribution < -0.4 is 5.73 Å². The molecular weight excluding hydrogens is 279 g/mol. The number of rotatable bonds is 2. The maximum Gasteiger partial charge on any atom is 0.417 e. The van der Waals surface area contributed by atoms with E-state index in [-0.39, 0.29) is 5.92 Å². The molecule has 3 nitrogen and oxygen atoms in total. The smallest absolute Gasteiger partial charge is 0.322 e. The molecule has 0 saturated carbocycles. The van der Waals surface area contributed by atoms with Gasteiger partial charge in [0.1, 0.15) is 0 Å². The van der Waals surface area contributed by atoms with Gasteiger partial charge in [-0.2, -0.15) is 13.2 Å². The molecule has 0 aromatic carbocycles. The van der Waals surface area contributed by atoms with Crippen LogP contribution in [0, 0.1) is 0 Å². The molecule has 1 aliphatic rings. The highest BCUT2D eigenvalue weighted by atomic mass is 19.4. The number of nitrogens with two attached hydrogens (primary N) is 1. The van der Waals surface area contributed by atoms with E-state index in [4.69, 9.17) is 5.73 Å². The summed E-state index contributed by atoms with van der Waals surface area (Å²) in [6.45, 7) is 0. The van der Waals surface area contributed by atoms with Gasteiger partial charge in [-0.15, -0.1) is 0 Å². The molecule has 0 amide bonds. The van der Waals surface area contributed by atoms with Crippen molar-refractivity contribution in [3.05, 3.63) is 59.2 Å². The van der Waals surface area contributed by atoms with Crippen molar-refractivity contribution in [3.63, 3.8) is 0 Å². The van der Waals surface area contributed by atoms with Crippen LogP contribution in [-0.4, -0.2) is 9.97 Å². The minimum Gasteiger partial charge on any atom is -0.322 e. The van der Waals surface area contributed by atoms with Gasteiger partial charge in [0.25, 0.3) is 0 Å². The molecule has 0 saturated heterocycles. The van der Waals surface area contributed by atoms with Gasteiger partial charge in [0, 0.05) is 24.0 Å². The molecule has 2 atom stereocenters. The van der Waals surface area contributed by atoms with Gasteiger partial charge in [0.2, 0.25) is 0 Å². The molecule has 2 unspecified atom stereocenters. The first-order chi connectivity index (χ1) is 9.97. The number of aromatic nitrogens is 2. The number of hydrogen-bond acceptors (Lipinski definition) is 3. The third-order valence-electron chi connectivity index (χ3n) is 3.89. The summed E-state index contributed by atoms with van der Waals surface area (Å²) in [6.07, 6.45) is -0.0942. The second kappa shape index (κ2) is 5.11. The summed E-state index contributed by atoms with van der Waals surface area (Å²) >= 11 is 0. The van der Waals surface area contributed by atoms with Crippen molar-refractivity contribution in [2.24, 2.45) is 5.73 Å². The molecule has 0 bridgehead atoms. The Bertz CT molecular complexity index is 637. The summed E-state index contributed by atoms with van der Waals surface area (Å²) in [5.74, 6) is 0.00503. The van der Waals surface area contributed by atoms with Crippen molar-refractivity contribution in [2.45, 2.75) is 31.0 Å². The van der Waals surface area contributed by atoms with Crippen LogP contribution in [-0.2, 0) is 12.6 Å². The van der Waals surface area contributed by atoms with Crippen molar-refractivity contribution in [1.82, 2.24) is 9.97 Å². The van der Waals surface area contributed by atoms with Gasteiger partial charge in [-0.1, -0.05) is 6.07 Å². The molecule has 2 aromatic heterocycles. The van der Waals surface area contributed by atoms with E-state index in [2.05, 4.69) is 9.97 Å². The van der Waals surface area contributed by atoms with Gasteiger partial charge < -0.3 is 5.73 Å². The number of alkyl halides is 3. The first-order valence-corrected chi connectivity index (χ1v) is 6.69. The van der Waals surface area contributed by atoms with Crippen molar-refractivity contribution < 1.29 is 13.2 Å². The van der Waals surface area contributed by atoms with Gasteiger partial charge in [-0.3, -0.25) is 9.97 Å². The van der Waals surface area contributed by atoms with E-state index in [1.807, 2.05) is 12.1 Å². The Labute approximate surface area is 120 Å². The summed E-state index contributed by atoms with van der Waals surface area (Å²) in [6, 6.07) is 5.83. The molecule has 2 heterocycles. The first-order valence-electron chi connectivity index (χ1n) is 6.69. The Morgan fingerprint density at radius 3 is 2.67 bits per heavy atom. The first kappa shape index (κ1) is 14.0. The summed E-state index contributed by atoms with van der Waals surface area (Å²) in [5, 5.41) is 0. The molecule has 3 rings (SSSR count). The predicted octanol–water partition coefficient (Wildman–Crippen LogP) is 3.23. The fourth-order valence-corrected chi connectivity index (χ4v) is 2.77. The quantitative estimate of drug-likeness (QED) is 0.925. The van der Waals surface area contributed by atoms with Crippen LogP contribution in [0.25, 0.3) is 0 Å². The van der Waals surface area contributed by atoms with Crippen LogP contribution in [0.4, 0.5) is 13.2 Å². The lowest BCUT2D eigenvalue weighted by Crippen LogP contribution is -2.20. The normalized spacial score (nSPS) is 19.3. The average Bonchev–Trinajstić information content (AvgIpc) is 2.90. The second-order valence-corrected chi connectivity index (χ2v) is 5.19. The minimum atomic E-state index is -4.38. The zero-order chi connectivity index (χ0) is 15.0. The van der Waals surface area contributed by atoms with Gasteiger partial charge in [-0.05, 0) is 36.6 Å². The molecule has 0 aliphatic heterocycles. The van der Waals surface area contributed by atoms with Crippen molar-refractivity contribution in [1.29, 1.82) is 0 Å². The Balaban J connectivity index is 1.85. The molecule has 2 N–H and O–H groups in total. The number of nitrogens with zero attached hydrogens (tertiary/aromatic N) is 2. The highest BCUT2D eigenvalue weighted by Crippen LogP contribution is 2.39. The van der Waals surface area contributed by atoms with E-state index < -0.39 is 17.8 Å². The van der Waals surface area contributed by atoms with Crippen molar-refractivity contribution in [2.75, 3.05) is 0 Å². The fourth-order valence-electron chi connectivity index (χ4n) is 2.77. The number of halogens is 3. The largest absolute Gasteiger partial charge is 0.417 e. The van der Waals surface area contributed by atoms with E-state index in [1.54, 1.807) is 6.20 Å². The maximum absolute atomic E-state index is 12.5. The molecule has 21 heavy (non-hydrogen) atoms. The van der Waals surface area contributed by atoms with E-state index in [1.165, 1.54) is 6.07 Å². The van der Waals surface area contributed by atoms with E-state index in [9.17, 15) is 13.2 Å². The van der Waals surface area contributed by atoms with Crippen molar-refractivity contribution in [3.8, 4) is 0 Å². The number of hydrogen-bond donors (Lipinski definition) is 1. The SMILES string of the molecule is NC(c1ccc(C(F)(F)F)cn1)C1CCc2cccnc21. The van der Waals surface area contributed by atoms with Crippen LogP contribution >= 0.6 is 0 Å². The lowest BCUT2D eigenvalue weighted by molar-refractivity contribution is -0.137. The second-order valence-electron chi connectivity index (χ2n) is 5.19. The van der Waals surface area contributed by atoms with E-state index >= 15 is 0 Å². The number of fused-ring (bicyclic) bond motifs is 1. The average molecular weight is 293 g/mol. The number of pyridine rings is 2. The Morgan fingerprint density at radius 2 is 2.00 bits per heavy atom. The molecule has 110 valence electrons. The highest BCUT2D eigenvalue weighted by Gasteiger charge is 2.33. The van der Waals surface area contributed by atoms with Gasteiger partial charge in [-0.25, -0.2) is 0 Å².